The molecule has 4 aromatic rings. The fraction of sp³-hybridized carbons (Fsp3) is 0.192. The molecule has 0 saturated heterocycles. The molecule has 3 atom stereocenters. The fourth-order valence-electron chi connectivity index (χ4n) is 4.61. The largest absolute Gasteiger partial charge is 0.465 e. The van der Waals surface area contributed by atoms with Crippen molar-refractivity contribution in [3.63, 3.8) is 0 Å². The Morgan fingerprint density at radius 3 is 2.31 bits per heavy atom. The van der Waals surface area contributed by atoms with Crippen molar-refractivity contribution in [3.8, 4) is 0 Å². The van der Waals surface area contributed by atoms with E-state index in [4.69, 9.17) is 9.72 Å². The normalized spacial score (nSPS) is 19.8. The van der Waals surface area contributed by atoms with Gasteiger partial charge >= 0.3 is 5.97 Å². The molecule has 1 aliphatic heterocycles. The first-order valence-corrected chi connectivity index (χ1v) is 10.6. The molecule has 0 fully saturated rings. The number of carbonyl (C=O) groups is 2. The van der Waals surface area contributed by atoms with E-state index in [1.807, 2.05) is 73.7 Å². The minimum absolute atomic E-state index is 0.0658. The molecule has 1 aromatic heterocycles. The second-order valence-electron chi connectivity index (χ2n) is 8.04. The summed E-state index contributed by atoms with van der Waals surface area (Å²) >= 11 is 0. The number of hydrogen-bond donors (Lipinski definition) is 1. The Hall–Kier alpha value is -3.93. The van der Waals surface area contributed by atoms with Crippen LogP contribution in [0.2, 0.25) is 0 Å². The highest BCUT2D eigenvalue weighted by molar-refractivity contribution is 5.99. The van der Waals surface area contributed by atoms with Gasteiger partial charge in [-0.25, -0.2) is 9.78 Å². The summed E-state index contributed by atoms with van der Waals surface area (Å²) in [6.45, 7) is 2.02. The highest BCUT2D eigenvalue weighted by Crippen LogP contribution is 2.41. The smallest absolute Gasteiger partial charge is 0.337 e. The Bertz CT molecular complexity index is 1300. The van der Waals surface area contributed by atoms with E-state index in [0.29, 0.717) is 11.1 Å². The van der Waals surface area contributed by atoms with Crippen molar-refractivity contribution in [2.45, 2.75) is 19.0 Å². The number of anilines is 1. The van der Waals surface area contributed by atoms with Crippen LogP contribution in [0.15, 0.2) is 78.9 Å². The van der Waals surface area contributed by atoms with Crippen LogP contribution in [-0.2, 0) is 4.74 Å². The number of imidazole rings is 1. The maximum atomic E-state index is 13.7. The molecule has 160 valence electrons. The molecule has 6 heteroatoms. The molecule has 6 nitrogen and oxygen atoms in total. The lowest BCUT2D eigenvalue weighted by atomic mass is 9.80. The molecule has 5 rings (SSSR count). The number of Topliss-reactive ketones (excluding diaryl/α,β-unsaturated/α-hetero) is 1. The highest BCUT2D eigenvalue weighted by atomic mass is 16.5. The number of fused-ring (bicyclic) bond motifs is 3. The number of benzene rings is 3. The van der Waals surface area contributed by atoms with Crippen LogP contribution in [0.1, 0.15) is 39.2 Å². The van der Waals surface area contributed by atoms with Crippen LogP contribution < -0.4 is 5.32 Å². The monoisotopic (exact) mass is 425 g/mol. The maximum Gasteiger partial charge on any atom is 0.337 e. The zero-order valence-electron chi connectivity index (χ0n) is 17.9. The van der Waals surface area contributed by atoms with Gasteiger partial charge in [0, 0.05) is 11.6 Å². The van der Waals surface area contributed by atoms with E-state index < -0.39 is 0 Å². The SMILES string of the molecule is COC(=O)c1ccc([C@@H]2[C@@H](C(=O)c3ccccc3)[C@H](C)Nc3nc4ccccc4n32)cc1. The molecule has 0 spiro atoms. The van der Waals surface area contributed by atoms with Crippen LogP contribution in [0.3, 0.4) is 0 Å². The van der Waals surface area contributed by atoms with Gasteiger partial charge in [0.25, 0.3) is 0 Å². The van der Waals surface area contributed by atoms with Crippen molar-refractivity contribution >= 4 is 28.7 Å². The van der Waals surface area contributed by atoms with Gasteiger partial charge < -0.3 is 14.6 Å². The topological polar surface area (TPSA) is 73.2 Å². The summed E-state index contributed by atoms with van der Waals surface area (Å²) in [5.41, 5.74) is 3.90. The molecule has 0 radical (unpaired) electrons. The number of rotatable bonds is 4. The van der Waals surface area contributed by atoms with Crippen LogP contribution in [-0.4, -0.2) is 34.5 Å². The first-order chi connectivity index (χ1) is 15.6. The Kier molecular flexibility index (Phi) is 4.98. The number of hydrogen-bond acceptors (Lipinski definition) is 5. The van der Waals surface area contributed by atoms with Crippen LogP contribution in [0.25, 0.3) is 11.0 Å². The number of ketones is 1. The lowest BCUT2D eigenvalue weighted by Gasteiger charge is -2.38. The van der Waals surface area contributed by atoms with Gasteiger partial charge in [0.05, 0.1) is 35.7 Å². The van der Waals surface area contributed by atoms with Crippen LogP contribution in [0.5, 0.6) is 0 Å². The molecule has 0 amide bonds. The summed E-state index contributed by atoms with van der Waals surface area (Å²) in [7, 11) is 1.36. The van der Waals surface area contributed by atoms with E-state index in [1.54, 1.807) is 12.1 Å². The Morgan fingerprint density at radius 1 is 0.906 bits per heavy atom. The number of carbonyl (C=O) groups excluding carboxylic acids is 2. The van der Waals surface area contributed by atoms with E-state index in [-0.39, 0.29) is 29.8 Å². The molecule has 0 saturated carbocycles. The quantitative estimate of drug-likeness (QED) is 0.378. The van der Waals surface area contributed by atoms with Gasteiger partial charge in [-0.15, -0.1) is 0 Å². The number of ether oxygens (including phenoxy) is 1. The third-order valence-corrected chi connectivity index (χ3v) is 6.14. The number of aromatic nitrogens is 2. The fourth-order valence-corrected chi connectivity index (χ4v) is 4.61. The van der Waals surface area contributed by atoms with E-state index in [2.05, 4.69) is 9.88 Å². The number of para-hydroxylation sites is 2. The molecule has 3 aromatic carbocycles. The number of nitrogens with one attached hydrogen (secondary N) is 1. The second kappa shape index (κ2) is 7.96. The Morgan fingerprint density at radius 2 is 1.59 bits per heavy atom. The lowest BCUT2D eigenvalue weighted by molar-refractivity contribution is 0.0600. The number of methoxy groups -OCH3 is 1. The number of esters is 1. The van der Waals surface area contributed by atoms with Gasteiger partial charge in [-0.05, 0) is 36.8 Å². The Balaban J connectivity index is 1.69. The summed E-state index contributed by atoms with van der Waals surface area (Å²) in [5.74, 6) is 0.0429. The third-order valence-electron chi connectivity index (χ3n) is 6.14. The van der Waals surface area contributed by atoms with Gasteiger partial charge in [0.15, 0.2) is 5.78 Å². The first kappa shape index (κ1) is 20.0. The summed E-state index contributed by atoms with van der Waals surface area (Å²) in [4.78, 5) is 30.4. The molecule has 0 aliphatic carbocycles. The molecule has 2 heterocycles. The van der Waals surface area contributed by atoms with Gasteiger partial charge in [-0.2, -0.15) is 0 Å². The second-order valence-corrected chi connectivity index (χ2v) is 8.04. The summed E-state index contributed by atoms with van der Waals surface area (Å²) in [6.07, 6.45) is 0. The van der Waals surface area contributed by atoms with Crippen LogP contribution in [0, 0.1) is 5.92 Å². The molecule has 1 N–H and O–H groups in total. The maximum absolute atomic E-state index is 13.7. The molecule has 0 bridgehead atoms. The van der Waals surface area contributed by atoms with Crippen LogP contribution >= 0.6 is 0 Å². The van der Waals surface area contributed by atoms with Gasteiger partial charge in [-0.1, -0.05) is 54.6 Å². The summed E-state index contributed by atoms with van der Waals surface area (Å²) in [5, 5.41) is 3.45. The zero-order valence-corrected chi connectivity index (χ0v) is 17.9. The average Bonchev–Trinajstić information content (AvgIpc) is 3.20. The van der Waals surface area contributed by atoms with E-state index in [1.165, 1.54) is 7.11 Å². The van der Waals surface area contributed by atoms with Crippen molar-refractivity contribution in [1.82, 2.24) is 9.55 Å². The lowest BCUT2D eigenvalue weighted by Crippen LogP contribution is -2.44. The average molecular weight is 425 g/mol. The zero-order chi connectivity index (χ0) is 22.2. The van der Waals surface area contributed by atoms with Crippen molar-refractivity contribution in [2.24, 2.45) is 5.92 Å². The summed E-state index contributed by atoms with van der Waals surface area (Å²) < 4.78 is 6.94. The van der Waals surface area contributed by atoms with E-state index in [0.717, 1.165) is 22.5 Å². The highest BCUT2D eigenvalue weighted by Gasteiger charge is 2.41. The molecule has 0 unspecified atom stereocenters. The van der Waals surface area contributed by atoms with Crippen LogP contribution in [0.4, 0.5) is 5.95 Å². The van der Waals surface area contributed by atoms with E-state index >= 15 is 0 Å². The molecule has 32 heavy (non-hydrogen) atoms. The molecular weight excluding hydrogens is 402 g/mol. The first-order valence-electron chi connectivity index (χ1n) is 10.6. The van der Waals surface area contributed by atoms with Gasteiger partial charge in [-0.3, -0.25) is 4.79 Å². The Labute approximate surface area is 185 Å². The predicted molar refractivity (Wildman–Crippen MR) is 123 cm³/mol. The third kappa shape index (κ3) is 3.24. The van der Waals surface area contributed by atoms with Crippen molar-refractivity contribution in [2.75, 3.05) is 12.4 Å². The predicted octanol–water partition coefficient (Wildman–Crippen LogP) is 4.73. The summed E-state index contributed by atoms with van der Waals surface area (Å²) in [6, 6.07) is 24.2. The minimum atomic E-state index is -0.388. The number of nitrogens with zero attached hydrogens (tertiary/aromatic N) is 2. The van der Waals surface area contributed by atoms with Crippen molar-refractivity contribution < 1.29 is 14.3 Å². The standard InChI is InChI=1S/C26H23N3O3/c1-16-22(24(30)18-8-4-3-5-9-18)23(17-12-14-19(15-13-17)25(31)32-2)29-21-11-7-6-10-20(21)28-26(29)27-16/h3-16,22-23H,1-2H3,(H,27,28)/t16-,22-,23+/m0/s1. The van der Waals surface area contributed by atoms with Gasteiger partial charge in [0.2, 0.25) is 5.95 Å². The van der Waals surface area contributed by atoms with Crippen molar-refractivity contribution in [3.05, 3.63) is 95.6 Å². The van der Waals surface area contributed by atoms with Gasteiger partial charge in [0.1, 0.15) is 0 Å². The van der Waals surface area contributed by atoms with E-state index in [9.17, 15) is 9.59 Å². The molecule has 1 aliphatic rings. The minimum Gasteiger partial charge on any atom is -0.465 e. The molecular formula is C26H23N3O3. The van der Waals surface area contributed by atoms with Crippen molar-refractivity contribution in [1.29, 1.82) is 0 Å².